The third kappa shape index (κ3) is 2.90. The first-order valence-corrected chi connectivity index (χ1v) is 8.58. The molecule has 0 bridgehead atoms. The Hall–Kier alpha value is -2.70. The maximum absolute atomic E-state index is 12.8. The zero-order valence-electron chi connectivity index (χ0n) is 14.2. The van der Waals surface area contributed by atoms with Gasteiger partial charge >= 0.3 is 6.01 Å². The van der Waals surface area contributed by atoms with Gasteiger partial charge in [-0.05, 0) is 30.4 Å². The third-order valence-electron chi connectivity index (χ3n) is 4.70. The van der Waals surface area contributed by atoms with Gasteiger partial charge in [0.05, 0.1) is 0 Å². The quantitative estimate of drug-likeness (QED) is 0.904. The van der Waals surface area contributed by atoms with Crippen molar-refractivity contribution < 1.29 is 14.1 Å². The molecule has 1 fully saturated rings. The van der Waals surface area contributed by atoms with Crippen LogP contribution in [0.25, 0.3) is 0 Å². The number of hydrogen-bond donors (Lipinski definition) is 1. The highest BCUT2D eigenvalue weighted by Crippen LogP contribution is 2.38. The molecule has 2 amide bonds. The van der Waals surface area contributed by atoms with Gasteiger partial charge in [0, 0.05) is 18.0 Å². The van der Waals surface area contributed by atoms with E-state index in [0.29, 0.717) is 23.9 Å². The molecule has 1 saturated carbocycles. The van der Waals surface area contributed by atoms with Crippen LogP contribution in [-0.4, -0.2) is 32.9 Å². The number of carbonyl (C=O) groups excluding carboxylic acids is 2. The lowest BCUT2D eigenvalue weighted by Gasteiger charge is -2.29. The first-order chi connectivity index (χ1) is 12.0. The summed E-state index contributed by atoms with van der Waals surface area (Å²) in [6.07, 6.45) is 2.12. The predicted molar refractivity (Wildman–Crippen MR) is 89.8 cm³/mol. The van der Waals surface area contributed by atoms with Gasteiger partial charge in [-0.2, -0.15) is 4.98 Å². The van der Waals surface area contributed by atoms with Crippen molar-refractivity contribution >= 4 is 17.8 Å². The summed E-state index contributed by atoms with van der Waals surface area (Å²) in [5.74, 6) is 0.519. The topological polar surface area (TPSA) is 88.3 Å². The summed E-state index contributed by atoms with van der Waals surface area (Å²) in [7, 11) is 0. The number of nitrogens with one attached hydrogen (secondary N) is 1. The van der Waals surface area contributed by atoms with E-state index in [0.717, 1.165) is 18.4 Å². The average molecular weight is 340 g/mol. The van der Waals surface area contributed by atoms with Gasteiger partial charge < -0.3 is 9.42 Å². The van der Waals surface area contributed by atoms with E-state index >= 15 is 0 Å². The standard InChI is InChI=1S/C18H20N4O3/c1-10(2)14(22-9-12-5-3-4-6-13(12)17(22)24)16(23)20-18-19-15(21-25-18)11-7-8-11/h3-6,10-11,14H,7-9H2,1-2H3,(H,19,20,21,23)/t14-/m1/s1. The molecule has 1 aromatic heterocycles. The normalized spacial score (nSPS) is 17.7. The molecule has 1 aliphatic heterocycles. The molecular formula is C18H20N4O3. The Labute approximate surface area is 145 Å². The minimum absolute atomic E-state index is 0.0518. The molecule has 7 heteroatoms. The molecule has 0 unspecified atom stereocenters. The number of benzene rings is 1. The van der Waals surface area contributed by atoms with Crippen LogP contribution >= 0.6 is 0 Å². The number of nitrogens with zero attached hydrogens (tertiary/aromatic N) is 3. The lowest BCUT2D eigenvalue weighted by molar-refractivity contribution is -0.122. The highest BCUT2D eigenvalue weighted by molar-refractivity contribution is 6.03. The molecular weight excluding hydrogens is 320 g/mol. The molecule has 2 aromatic rings. The maximum atomic E-state index is 12.8. The summed E-state index contributed by atoms with van der Waals surface area (Å²) in [5.41, 5.74) is 1.61. The van der Waals surface area contributed by atoms with E-state index in [9.17, 15) is 9.59 Å². The summed E-state index contributed by atoms with van der Waals surface area (Å²) in [6, 6.07) is 6.95. The molecule has 0 saturated heterocycles. The number of fused-ring (bicyclic) bond motifs is 1. The van der Waals surface area contributed by atoms with Crippen LogP contribution in [0.4, 0.5) is 6.01 Å². The van der Waals surface area contributed by atoms with E-state index in [-0.39, 0.29) is 23.7 Å². The van der Waals surface area contributed by atoms with Gasteiger partial charge in [-0.25, -0.2) is 0 Å². The third-order valence-corrected chi connectivity index (χ3v) is 4.70. The molecule has 0 spiro atoms. The smallest absolute Gasteiger partial charge is 0.322 e. The van der Waals surface area contributed by atoms with Crippen LogP contribution in [-0.2, 0) is 11.3 Å². The van der Waals surface area contributed by atoms with Crippen molar-refractivity contribution in [1.29, 1.82) is 0 Å². The van der Waals surface area contributed by atoms with E-state index in [1.54, 1.807) is 11.0 Å². The second kappa shape index (κ2) is 5.98. The number of hydrogen-bond acceptors (Lipinski definition) is 5. The Balaban J connectivity index is 1.52. The van der Waals surface area contributed by atoms with Crippen LogP contribution in [0.15, 0.2) is 28.8 Å². The Kier molecular flexibility index (Phi) is 3.78. The van der Waals surface area contributed by atoms with Crippen molar-refractivity contribution in [2.75, 3.05) is 5.32 Å². The lowest BCUT2D eigenvalue weighted by Crippen LogP contribution is -2.47. The number of carbonyl (C=O) groups is 2. The summed E-state index contributed by atoms with van der Waals surface area (Å²) in [4.78, 5) is 31.3. The van der Waals surface area contributed by atoms with E-state index in [4.69, 9.17) is 4.52 Å². The molecule has 0 radical (unpaired) electrons. The SMILES string of the molecule is CC(C)[C@H](C(=O)Nc1nc(C2CC2)no1)N1Cc2ccccc2C1=O. The largest absolute Gasteiger partial charge is 0.328 e. The van der Waals surface area contributed by atoms with Crippen molar-refractivity contribution in [3.8, 4) is 0 Å². The lowest BCUT2D eigenvalue weighted by atomic mass is 10.0. The first kappa shape index (κ1) is 15.8. The van der Waals surface area contributed by atoms with E-state index in [2.05, 4.69) is 15.5 Å². The molecule has 1 aliphatic carbocycles. The minimum atomic E-state index is -0.601. The van der Waals surface area contributed by atoms with Gasteiger partial charge in [0.15, 0.2) is 5.82 Å². The van der Waals surface area contributed by atoms with Crippen LogP contribution in [0, 0.1) is 5.92 Å². The Morgan fingerprint density at radius 1 is 1.32 bits per heavy atom. The summed E-state index contributed by atoms with van der Waals surface area (Å²) < 4.78 is 5.12. The second-order valence-electron chi connectivity index (χ2n) is 7.00. The summed E-state index contributed by atoms with van der Waals surface area (Å²) in [5, 5.41) is 6.58. The van der Waals surface area contributed by atoms with Crippen LogP contribution < -0.4 is 5.32 Å². The van der Waals surface area contributed by atoms with Gasteiger partial charge in [0.1, 0.15) is 6.04 Å². The summed E-state index contributed by atoms with van der Waals surface area (Å²) >= 11 is 0. The van der Waals surface area contributed by atoms with E-state index in [1.807, 2.05) is 32.0 Å². The zero-order valence-corrected chi connectivity index (χ0v) is 14.2. The van der Waals surface area contributed by atoms with Crippen LogP contribution in [0.3, 0.4) is 0 Å². The second-order valence-corrected chi connectivity index (χ2v) is 7.00. The highest BCUT2D eigenvalue weighted by Gasteiger charge is 2.38. The fourth-order valence-electron chi connectivity index (χ4n) is 3.28. The number of amides is 2. The molecule has 2 aliphatic rings. The van der Waals surface area contributed by atoms with Crippen molar-refractivity contribution in [2.45, 2.75) is 45.2 Å². The van der Waals surface area contributed by atoms with Crippen LogP contribution in [0.2, 0.25) is 0 Å². The fraction of sp³-hybridized carbons (Fsp3) is 0.444. The Morgan fingerprint density at radius 3 is 2.76 bits per heavy atom. The van der Waals surface area contributed by atoms with Gasteiger partial charge in [0.25, 0.3) is 11.8 Å². The van der Waals surface area contributed by atoms with Crippen molar-refractivity contribution in [1.82, 2.24) is 15.0 Å². The maximum Gasteiger partial charge on any atom is 0.328 e. The Bertz CT molecular complexity index is 825. The first-order valence-electron chi connectivity index (χ1n) is 8.58. The summed E-state index contributed by atoms with van der Waals surface area (Å²) in [6.45, 7) is 4.27. The number of rotatable bonds is 5. The monoisotopic (exact) mass is 340 g/mol. The minimum Gasteiger partial charge on any atom is -0.322 e. The van der Waals surface area contributed by atoms with Gasteiger partial charge in [-0.15, -0.1) is 0 Å². The number of anilines is 1. The van der Waals surface area contributed by atoms with Crippen molar-refractivity contribution in [3.05, 3.63) is 41.2 Å². The fourth-order valence-corrected chi connectivity index (χ4v) is 3.28. The average Bonchev–Trinajstić information content (AvgIpc) is 3.25. The zero-order chi connectivity index (χ0) is 17.6. The van der Waals surface area contributed by atoms with Crippen LogP contribution in [0.1, 0.15) is 54.4 Å². The highest BCUT2D eigenvalue weighted by atomic mass is 16.5. The molecule has 1 aromatic carbocycles. The van der Waals surface area contributed by atoms with E-state index in [1.165, 1.54) is 0 Å². The number of aromatic nitrogens is 2. The predicted octanol–water partition coefficient (Wildman–Crippen LogP) is 2.57. The molecule has 7 nitrogen and oxygen atoms in total. The van der Waals surface area contributed by atoms with Crippen molar-refractivity contribution in [2.24, 2.45) is 5.92 Å². The van der Waals surface area contributed by atoms with Gasteiger partial charge in [-0.1, -0.05) is 37.2 Å². The molecule has 4 rings (SSSR count). The van der Waals surface area contributed by atoms with E-state index < -0.39 is 6.04 Å². The molecule has 25 heavy (non-hydrogen) atoms. The molecule has 1 N–H and O–H groups in total. The Morgan fingerprint density at radius 2 is 2.08 bits per heavy atom. The van der Waals surface area contributed by atoms with Gasteiger partial charge in [-0.3, -0.25) is 14.9 Å². The van der Waals surface area contributed by atoms with Crippen LogP contribution in [0.5, 0.6) is 0 Å². The molecule has 130 valence electrons. The molecule has 1 atom stereocenters. The molecule has 2 heterocycles. The van der Waals surface area contributed by atoms with Gasteiger partial charge in [0.2, 0.25) is 0 Å². The van der Waals surface area contributed by atoms with Crippen molar-refractivity contribution in [3.63, 3.8) is 0 Å².